The number of hydrogen-bond acceptors (Lipinski definition) is 3. The van der Waals surface area contributed by atoms with E-state index in [1.54, 1.807) is 0 Å². The van der Waals surface area contributed by atoms with Crippen LogP contribution in [0.1, 0.15) is 39.5 Å². The molecule has 1 atom stereocenters. The Morgan fingerprint density at radius 2 is 2.06 bits per heavy atom. The van der Waals surface area contributed by atoms with E-state index in [-0.39, 0.29) is 11.6 Å². The summed E-state index contributed by atoms with van der Waals surface area (Å²) in [6.07, 6.45) is 4.51. The van der Waals surface area contributed by atoms with Crippen molar-refractivity contribution in [1.82, 2.24) is 15.1 Å². The molecule has 0 aromatic carbocycles. The van der Waals surface area contributed by atoms with E-state index in [0.29, 0.717) is 11.9 Å². The summed E-state index contributed by atoms with van der Waals surface area (Å²) in [4.78, 5) is 17.0. The van der Waals surface area contributed by atoms with Crippen LogP contribution < -0.4 is 5.32 Å². The van der Waals surface area contributed by atoms with Gasteiger partial charge in [0.2, 0.25) is 5.91 Å². The molecule has 0 aromatic heterocycles. The standard InChI is InChI=1S/C14H27N3O/c1-14(2)8-10-16(4)13(18)12(7-9-15-3)17(14)11-5-6-11/h11-12,15H,5-10H2,1-4H3. The van der Waals surface area contributed by atoms with Crippen molar-refractivity contribution in [2.75, 3.05) is 27.2 Å². The molecule has 1 heterocycles. The average molecular weight is 253 g/mol. The highest BCUT2D eigenvalue weighted by molar-refractivity contribution is 5.82. The number of likely N-dealkylation sites (N-methyl/N-ethyl adjacent to an activating group) is 1. The Hall–Kier alpha value is -0.610. The van der Waals surface area contributed by atoms with Gasteiger partial charge in [0.15, 0.2) is 0 Å². The lowest BCUT2D eigenvalue weighted by atomic mass is 9.95. The number of rotatable bonds is 4. The molecule has 1 aliphatic heterocycles. The molecule has 1 unspecified atom stereocenters. The Labute approximate surface area is 111 Å². The number of carbonyl (C=O) groups is 1. The van der Waals surface area contributed by atoms with Gasteiger partial charge in [0.1, 0.15) is 0 Å². The zero-order chi connectivity index (χ0) is 13.3. The van der Waals surface area contributed by atoms with E-state index >= 15 is 0 Å². The van der Waals surface area contributed by atoms with Crippen molar-refractivity contribution in [2.45, 2.75) is 57.2 Å². The molecule has 1 aliphatic carbocycles. The van der Waals surface area contributed by atoms with Crippen molar-refractivity contribution in [1.29, 1.82) is 0 Å². The van der Waals surface area contributed by atoms with E-state index in [2.05, 4.69) is 24.1 Å². The molecular formula is C14H27N3O. The van der Waals surface area contributed by atoms with Crippen LogP contribution in [-0.4, -0.2) is 60.5 Å². The third-order valence-electron chi connectivity index (χ3n) is 4.36. The molecule has 0 aromatic rings. The van der Waals surface area contributed by atoms with Crippen LogP contribution in [0.3, 0.4) is 0 Å². The van der Waals surface area contributed by atoms with Crippen molar-refractivity contribution < 1.29 is 4.79 Å². The Kier molecular flexibility index (Phi) is 3.97. The normalized spacial score (nSPS) is 29.4. The third kappa shape index (κ3) is 2.69. The number of hydrogen-bond donors (Lipinski definition) is 1. The van der Waals surface area contributed by atoms with E-state index in [0.717, 1.165) is 25.9 Å². The summed E-state index contributed by atoms with van der Waals surface area (Å²) in [5.41, 5.74) is 0.139. The maximum absolute atomic E-state index is 12.5. The van der Waals surface area contributed by atoms with Crippen molar-refractivity contribution in [2.24, 2.45) is 0 Å². The Morgan fingerprint density at radius 3 is 2.61 bits per heavy atom. The molecule has 0 spiro atoms. The first-order valence-electron chi connectivity index (χ1n) is 7.15. The molecule has 18 heavy (non-hydrogen) atoms. The highest BCUT2D eigenvalue weighted by Gasteiger charge is 2.47. The Balaban J connectivity index is 2.22. The first-order valence-corrected chi connectivity index (χ1v) is 7.15. The quantitative estimate of drug-likeness (QED) is 0.814. The molecule has 4 heteroatoms. The second-order valence-electron chi connectivity index (χ2n) is 6.37. The topological polar surface area (TPSA) is 35.6 Å². The smallest absolute Gasteiger partial charge is 0.239 e. The highest BCUT2D eigenvalue weighted by Crippen LogP contribution is 2.38. The van der Waals surface area contributed by atoms with E-state index in [1.807, 2.05) is 19.0 Å². The fourth-order valence-corrected chi connectivity index (χ4v) is 3.12. The van der Waals surface area contributed by atoms with Crippen molar-refractivity contribution >= 4 is 5.91 Å². The summed E-state index contributed by atoms with van der Waals surface area (Å²) >= 11 is 0. The van der Waals surface area contributed by atoms with E-state index in [9.17, 15) is 4.79 Å². The van der Waals surface area contributed by atoms with E-state index in [4.69, 9.17) is 0 Å². The zero-order valence-corrected chi connectivity index (χ0v) is 12.2. The molecule has 104 valence electrons. The second-order valence-corrected chi connectivity index (χ2v) is 6.37. The number of nitrogens with one attached hydrogen (secondary N) is 1. The van der Waals surface area contributed by atoms with Gasteiger partial charge >= 0.3 is 0 Å². The summed E-state index contributed by atoms with van der Waals surface area (Å²) in [7, 11) is 3.90. The maximum Gasteiger partial charge on any atom is 0.239 e. The minimum absolute atomic E-state index is 0.0625. The molecule has 2 rings (SSSR count). The predicted molar refractivity (Wildman–Crippen MR) is 73.5 cm³/mol. The van der Waals surface area contributed by atoms with E-state index in [1.165, 1.54) is 12.8 Å². The molecule has 4 nitrogen and oxygen atoms in total. The van der Waals surface area contributed by atoms with Crippen LogP contribution >= 0.6 is 0 Å². The average Bonchev–Trinajstić information content (AvgIpc) is 3.13. The summed E-state index contributed by atoms with van der Waals surface area (Å²) in [5.74, 6) is 0.308. The van der Waals surface area contributed by atoms with Gasteiger partial charge in [-0.2, -0.15) is 0 Å². The van der Waals surface area contributed by atoms with Gasteiger partial charge in [-0.25, -0.2) is 0 Å². The van der Waals surface area contributed by atoms with Crippen LogP contribution in [0.25, 0.3) is 0 Å². The fraction of sp³-hybridized carbons (Fsp3) is 0.929. The largest absolute Gasteiger partial charge is 0.344 e. The summed E-state index contributed by atoms with van der Waals surface area (Å²) < 4.78 is 0. The molecule has 2 fully saturated rings. The Morgan fingerprint density at radius 1 is 1.39 bits per heavy atom. The minimum Gasteiger partial charge on any atom is -0.344 e. The van der Waals surface area contributed by atoms with Gasteiger partial charge in [0, 0.05) is 25.2 Å². The molecular weight excluding hydrogens is 226 g/mol. The third-order valence-corrected chi connectivity index (χ3v) is 4.36. The molecule has 1 saturated carbocycles. The lowest BCUT2D eigenvalue weighted by molar-refractivity contribution is -0.135. The van der Waals surface area contributed by atoms with Crippen LogP contribution in [-0.2, 0) is 4.79 Å². The van der Waals surface area contributed by atoms with Gasteiger partial charge in [-0.1, -0.05) is 0 Å². The molecule has 2 aliphatic rings. The minimum atomic E-state index is 0.0625. The summed E-state index contributed by atoms with van der Waals surface area (Å²) in [5, 5.41) is 3.18. The van der Waals surface area contributed by atoms with Gasteiger partial charge in [-0.15, -0.1) is 0 Å². The van der Waals surface area contributed by atoms with Gasteiger partial charge in [0.05, 0.1) is 6.04 Å². The fourth-order valence-electron chi connectivity index (χ4n) is 3.12. The molecule has 1 amide bonds. The second kappa shape index (κ2) is 5.17. The van der Waals surface area contributed by atoms with Crippen molar-refractivity contribution in [3.05, 3.63) is 0 Å². The van der Waals surface area contributed by atoms with Crippen LogP contribution in [0.15, 0.2) is 0 Å². The van der Waals surface area contributed by atoms with Crippen LogP contribution in [0, 0.1) is 0 Å². The van der Waals surface area contributed by atoms with Crippen LogP contribution in [0.2, 0.25) is 0 Å². The lowest BCUT2D eigenvalue weighted by Crippen LogP contribution is -2.54. The maximum atomic E-state index is 12.5. The van der Waals surface area contributed by atoms with Gasteiger partial charge in [-0.05, 0) is 53.1 Å². The van der Waals surface area contributed by atoms with Crippen molar-refractivity contribution in [3.8, 4) is 0 Å². The SMILES string of the molecule is CNCCC1C(=O)N(C)CCC(C)(C)N1C1CC1. The predicted octanol–water partition coefficient (Wildman–Crippen LogP) is 1.07. The summed E-state index contributed by atoms with van der Waals surface area (Å²) in [6, 6.07) is 0.699. The first kappa shape index (κ1) is 13.8. The van der Waals surface area contributed by atoms with Crippen LogP contribution in [0.4, 0.5) is 0 Å². The lowest BCUT2D eigenvalue weighted by Gasteiger charge is -2.41. The van der Waals surface area contributed by atoms with E-state index < -0.39 is 0 Å². The highest BCUT2D eigenvalue weighted by atomic mass is 16.2. The van der Waals surface area contributed by atoms with Gasteiger partial charge in [-0.3, -0.25) is 9.69 Å². The number of nitrogens with zero attached hydrogens (tertiary/aromatic N) is 2. The molecule has 1 N–H and O–H groups in total. The number of amides is 1. The Bertz CT molecular complexity index is 312. The molecule has 0 bridgehead atoms. The summed E-state index contributed by atoms with van der Waals surface area (Å²) in [6.45, 7) is 6.38. The molecule has 1 saturated heterocycles. The van der Waals surface area contributed by atoms with Gasteiger partial charge < -0.3 is 10.2 Å². The van der Waals surface area contributed by atoms with Crippen molar-refractivity contribution in [3.63, 3.8) is 0 Å². The number of carbonyl (C=O) groups excluding carboxylic acids is 1. The molecule has 0 radical (unpaired) electrons. The zero-order valence-electron chi connectivity index (χ0n) is 12.2. The van der Waals surface area contributed by atoms with Gasteiger partial charge in [0.25, 0.3) is 0 Å². The monoisotopic (exact) mass is 253 g/mol. The first-order chi connectivity index (χ1) is 8.47. The van der Waals surface area contributed by atoms with Crippen LogP contribution in [0.5, 0.6) is 0 Å².